The van der Waals surface area contributed by atoms with E-state index < -0.39 is 5.85 Å². The first-order chi connectivity index (χ1) is 3.12. The van der Waals surface area contributed by atoms with E-state index in [0.717, 1.165) is 11.4 Å². The molecule has 0 fully saturated rings. The van der Waals surface area contributed by atoms with Gasteiger partial charge in [-0.15, -0.1) is 0 Å². The Balaban J connectivity index is 3.61. The molecule has 2 nitrogen and oxygen atoms in total. The molecule has 0 aromatic carbocycles. The van der Waals surface area contributed by atoms with Gasteiger partial charge in [0.2, 0.25) is 0 Å². The van der Waals surface area contributed by atoms with Crippen LogP contribution in [0.15, 0.2) is 0 Å². The molecule has 1 atom stereocenters. The lowest BCUT2D eigenvalue weighted by atomic mass is 11.6. The van der Waals surface area contributed by atoms with Gasteiger partial charge in [-0.2, -0.15) is 0 Å². The summed E-state index contributed by atoms with van der Waals surface area (Å²) in [6, 6.07) is 0. The van der Waals surface area contributed by atoms with Gasteiger partial charge in [-0.25, -0.2) is 5.09 Å². The van der Waals surface area contributed by atoms with E-state index in [-0.39, 0.29) is 0 Å². The Morgan fingerprint density at radius 2 is 2.29 bits per heavy atom. The highest BCUT2D eigenvalue weighted by Crippen LogP contribution is 2.57. The van der Waals surface area contributed by atoms with Crippen molar-refractivity contribution in [3.05, 3.63) is 0 Å². The molecule has 44 valence electrons. The van der Waals surface area contributed by atoms with E-state index in [0.29, 0.717) is 0 Å². The fourth-order valence-electron chi connectivity index (χ4n) is 0.0913. The van der Waals surface area contributed by atoms with Crippen LogP contribution in [0.4, 0.5) is 0 Å². The summed E-state index contributed by atoms with van der Waals surface area (Å²) >= 11 is 6.45. The van der Waals surface area contributed by atoms with Crippen molar-refractivity contribution in [1.82, 2.24) is 5.09 Å². The van der Waals surface area contributed by atoms with Crippen molar-refractivity contribution in [1.29, 1.82) is 0 Å². The summed E-state index contributed by atoms with van der Waals surface area (Å²) < 4.78 is 10.6. The SMILES string of the molecule is CNP(=O)(Cl)SC. The van der Waals surface area contributed by atoms with E-state index in [1.807, 2.05) is 0 Å². The van der Waals surface area contributed by atoms with Gasteiger partial charge in [0.25, 0.3) is 5.85 Å². The van der Waals surface area contributed by atoms with Crippen molar-refractivity contribution in [3.8, 4) is 0 Å². The van der Waals surface area contributed by atoms with Gasteiger partial charge in [0.1, 0.15) is 0 Å². The average Bonchev–Trinajstić information content (AvgIpc) is 1.68. The van der Waals surface area contributed by atoms with Gasteiger partial charge in [0.15, 0.2) is 0 Å². The summed E-state index contributed by atoms with van der Waals surface area (Å²) in [4.78, 5) is 0. The molecule has 0 saturated heterocycles. The molecule has 0 spiro atoms. The van der Waals surface area contributed by atoms with Gasteiger partial charge < -0.3 is 0 Å². The van der Waals surface area contributed by atoms with Crippen molar-refractivity contribution >= 4 is 28.5 Å². The lowest BCUT2D eigenvalue weighted by molar-refractivity contribution is 0.589. The summed E-state index contributed by atoms with van der Waals surface area (Å²) in [5.74, 6) is -2.52. The second-order valence-corrected chi connectivity index (χ2v) is 7.33. The Morgan fingerprint density at radius 3 is 2.29 bits per heavy atom. The van der Waals surface area contributed by atoms with E-state index in [9.17, 15) is 4.57 Å². The first-order valence-electron chi connectivity index (χ1n) is 1.67. The third-order valence-corrected chi connectivity index (χ3v) is 5.21. The van der Waals surface area contributed by atoms with E-state index >= 15 is 0 Å². The van der Waals surface area contributed by atoms with E-state index in [2.05, 4.69) is 5.09 Å². The van der Waals surface area contributed by atoms with Crippen LogP contribution in [0.3, 0.4) is 0 Å². The quantitative estimate of drug-likeness (QED) is 0.625. The maximum absolute atomic E-state index is 10.6. The molecule has 5 heteroatoms. The molecule has 0 radical (unpaired) electrons. The number of hydrogen-bond acceptors (Lipinski definition) is 2. The predicted molar refractivity (Wildman–Crippen MR) is 36.0 cm³/mol. The van der Waals surface area contributed by atoms with Gasteiger partial charge in [0, 0.05) is 0 Å². The first kappa shape index (κ1) is 7.83. The number of halogens is 1. The molecular weight excluding hydrogens is 153 g/mol. The zero-order chi connectivity index (χ0) is 5.91. The molecule has 1 N–H and O–H groups in total. The minimum Gasteiger partial charge on any atom is -0.277 e. The summed E-state index contributed by atoms with van der Waals surface area (Å²) in [7, 11) is 1.57. The fraction of sp³-hybridized carbons (Fsp3) is 1.00. The lowest BCUT2D eigenvalue weighted by Crippen LogP contribution is -1.91. The highest BCUT2D eigenvalue weighted by molar-refractivity contribution is 8.64. The van der Waals surface area contributed by atoms with Crippen LogP contribution < -0.4 is 5.09 Å². The topological polar surface area (TPSA) is 29.1 Å². The smallest absolute Gasteiger partial charge is 0.277 e. The molecule has 0 aromatic rings. The van der Waals surface area contributed by atoms with Crippen LogP contribution in [0, 0.1) is 0 Å². The monoisotopic (exact) mass is 159 g/mol. The second-order valence-electron chi connectivity index (χ2n) is 0.886. The van der Waals surface area contributed by atoms with Gasteiger partial charge >= 0.3 is 0 Å². The van der Waals surface area contributed by atoms with Gasteiger partial charge in [-0.05, 0) is 24.5 Å². The van der Waals surface area contributed by atoms with Crippen LogP contribution in [0.5, 0.6) is 0 Å². The molecule has 0 bridgehead atoms. The predicted octanol–water partition coefficient (Wildman–Crippen LogP) is 1.92. The zero-order valence-electron chi connectivity index (χ0n) is 4.14. The first-order valence-corrected chi connectivity index (χ1v) is 6.11. The van der Waals surface area contributed by atoms with Crippen molar-refractivity contribution in [2.24, 2.45) is 0 Å². The Hall–Kier alpha value is 0.830. The molecule has 0 aliphatic heterocycles. The van der Waals surface area contributed by atoms with Crippen molar-refractivity contribution < 1.29 is 4.57 Å². The molecule has 0 heterocycles. The molecule has 1 unspecified atom stereocenters. The largest absolute Gasteiger partial charge is 0.286 e. The second kappa shape index (κ2) is 2.98. The standard InChI is InChI=1S/C2H7ClNOPS/c1-4-6(3,5)7-2/h1-2H3,(H,4,5). The minimum absolute atomic E-state index is 1.14. The molecule has 0 amide bonds. The van der Waals surface area contributed by atoms with E-state index in [1.54, 1.807) is 13.3 Å². The maximum Gasteiger partial charge on any atom is 0.286 e. The molecule has 7 heavy (non-hydrogen) atoms. The third kappa shape index (κ3) is 3.42. The number of hydrogen-bond donors (Lipinski definition) is 1. The summed E-state index contributed by atoms with van der Waals surface area (Å²) in [5, 5.41) is 2.47. The van der Waals surface area contributed by atoms with Crippen LogP contribution in [0.25, 0.3) is 0 Å². The lowest BCUT2D eigenvalue weighted by Gasteiger charge is -2.00. The molecule has 0 saturated carbocycles. The third-order valence-electron chi connectivity index (χ3n) is 0.502. The minimum atomic E-state index is -2.52. The van der Waals surface area contributed by atoms with Crippen LogP contribution in [-0.2, 0) is 4.57 Å². The summed E-state index contributed by atoms with van der Waals surface area (Å²) in [5.41, 5.74) is 0. The summed E-state index contributed by atoms with van der Waals surface area (Å²) in [6.07, 6.45) is 1.70. The average molecular weight is 160 g/mol. The molecule has 0 aromatic heterocycles. The Bertz CT molecular complexity index is 89.7. The molecular formula is C2H7ClNOPS. The maximum atomic E-state index is 10.6. The molecule has 0 aliphatic carbocycles. The molecule has 0 aliphatic rings. The zero-order valence-corrected chi connectivity index (χ0v) is 6.61. The van der Waals surface area contributed by atoms with Gasteiger partial charge in [-0.3, -0.25) is 4.57 Å². The van der Waals surface area contributed by atoms with Crippen LogP contribution in [0.2, 0.25) is 0 Å². The van der Waals surface area contributed by atoms with Gasteiger partial charge in [0.05, 0.1) is 0 Å². The highest BCUT2D eigenvalue weighted by atomic mass is 35.7. The number of rotatable bonds is 2. The van der Waals surface area contributed by atoms with Crippen molar-refractivity contribution in [2.45, 2.75) is 0 Å². The van der Waals surface area contributed by atoms with Crippen molar-refractivity contribution in [3.63, 3.8) is 0 Å². The summed E-state index contributed by atoms with van der Waals surface area (Å²) in [6.45, 7) is 0. The van der Waals surface area contributed by atoms with Gasteiger partial charge in [-0.1, -0.05) is 11.4 Å². The van der Waals surface area contributed by atoms with Crippen LogP contribution >= 0.6 is 28.5 Å². The number of nitrogens with one attached hydrogen (secondary N) is 1. The van der Waals surface area contributed by atoms with E-state index in [4.69, 9.17) is 11.2 Å². The Morgan fingerprint density at radius 1 is 1.86 bits per heavy atom. The Labute approximate surface area is 52.0 Å². The van der Waals surface area contributed by atoms with Crippen molar-refractivity contribution in [2.75, 3.05) is 13.3 Å². The molecule has 0 rings (SSSR count). The highest BCUT2D eigenvalue weighted by Gasteiger charge is 2.10. The van der Waals surface area contributed by atoms with E-state index in [1.165, 1.54) is 0 Å². The Kier molecular flexibility index (Phi) is 3.33. The van der Waals surface area contributed by atoms with Crippen LogP contribution in [0.1, 0.15) is 0 Å². The fourth-order valence-corrected chi connectivity index (χ4v) is 0.822. The van der Waals surface area contributed by atoms with Crippen LogP contribution in [-0.4, -0.2) is 13.3 Å². The normalized spacial score (nSPS) is 18.7.